The number of piperidine rings is 1. The van der Waals surface area contributed by atoms with Gasteiger partial charge in [0.15, 0.2) is 5.65 Å². The Bertz CT molecular complexity index is 840. The van der Waals surface area contributed by atoms with E-state index in [1.54, 1.807) is 6.20 Å². The lowest BCUT2D eigenvalue weighted by Crippen LogP contribution is -2.39. The molecule has 0 unspecified atom stereocenters. The van der Waals surface area contributed by atoms with Crippen LogP contribution in [0.3, 0.4) is 0 Å². The minimum atomic E-state index is 0.0756. The van der Waals surface area contributed by atoms with Gasteiger partial charge in [-0.2, -0.15) is 0 Å². The maximum atomic E-state index is 9.39. The van der Waals surface area contributed by atoms with Gasteiger partial charge >= 0.3 is 0 Å². The molecule has 0 aliphatic carbocycles. The second-order valence-corrected chi connectivity index (χ2v) is 6.84. The van der Waals surface area contributed by atoms with Crippen LogP contribution >= 0.6 is 0 Å². The first-order valence-electron chi connectivity index (χ1n) is 9.28. The van der Waals surface area contributed by atoms with Crippen LogP contribution in [0.2, 0.25) is 0 Å². The molecule has 1 aliphatic rings. The number of anilines is 1. The Morgan fingerprint density at radius 3 is 2.65 bits per heavy atom. The van der Waals surface area contributed by atoms with Crippen molar-refractivity contribution in [2.75, 3.05) is 25.0 Å². The van der Waals surface area contributed by atoms with Gasteiger partial charge in [-0.3, -0.25) is 9.47 Å². The molecule has 3 heterocycles. The van der Waals surface area contributed by atoms with E-state index in [0.29, 0.717) is 12.6 Å². The highest BCUT2D eigenvalue weighted by atomic mass is 16.3. The summed E-state index contributed by atoms with van der Waals surface area (Å²) < 4.78 is 1.98. The molecule has 4 rings (SSSR count). The van der Waals surface area contributed by atoms with Crippen LogP contribution in [-0.4, -0.2) is 50.3 Å². The van der Waals surface area contributed by atoms with Gasteiger partial charge in [-0.1, -0.05) is 30.3 Å². The Balaban J connectivity index is 1.40. The highest BCUT2D eigenvalue weighted by Crippen LogP contribution is 2.21. The molecule has 1 fully saturated rings. The number of fused-ring (bicyclic) bond motifs is 1. The minimum Gasteiger partial charge on any atom is -0.395 e. The summed E-state index contributed by atoms with van der Waals surface area (Å²) in [4.78, 5) is 11.6. The summed E-state index contributed by atoms with van der Waals surface area (Å²) in [7, 11) is 0. The third-order valence-electron chi connectivity index (χ3n) is 5.00. The van der Waals surface area contributed by atoms with Crippen LogP contribution in [0.1, 0.15) is 18.4 Å². The SMILES string of the molecule is OCCn1c(NC2CCN(Cc3ccccc3)CC2)nc2cccnc21. The average molecular weight is 351 g/mol. The summed E-state index contributed by atoms with van der Waals surface area (Å²) in [6.45, 7) is 3.74. The first kappa shape index (κ1) is 17.0. The monoisotopic (exact) mass is 351 g/mol. The Labute approximate surface area is 153 Å². The summed E-state index contributed by atoms with van der Waals surface area (Å²) in [5.41, 5.74) is 3.06. The van der Waals surface area contributed by atoms with E-state index in [1.807, 2.05) is 16.7 Å². The number of nitrogens with one attached hydrogen (secondary N) is 1. The molecule has 0 atom stereocenters. The summed E-state index contributed by atoms with van der Waals surface area (Å²) in [6.07, 6.45) is 3.94. The van der Waals surface area contributed by atoms with Gasteiger partial charge in [0.1, 0.15) is 5.52 Å². The van der Waals surface area contributed by atoms with Gasteiger partial charge in [-0.25, -0.2) is 9.97 Å². The van der Waals surface area contributed by atoms with Crippen molar-refractivity contribution in [3.05, 3.63) is 54.2 Å². The van der Waals surface area contributed by atoms with Crippen molar-refractivity contribution in [1.82, 2.24) is 19.4 Å². The maximum absolute atomic E-state index is 9.39. The van der Waals surface area contributed by atoms with Crippen LogP contribution in [0.5, 0.6) is 0 Å². The summed E-state index contributed by atoms with van der Waals surface area (Å²) in [6, 6.07) is 14.9. The largest absolute Gasteiger partial charge is 0.395 e. The molecule has 6 nitrogen and oxygen atoms in total. The predicted molar refractivity (Wildman–Crippen MR) is 103 cm³/mol. The molecule has 3 aromatic rings. The second kappa shape index (κ2) is 7.85. The molecule has 1 aromatic carbocycles. The fraction of sp³-hybridized carbons (Fsp3) is 0.400. The quantitative estimate of drug-likeness (QED) is 0.714. The van der Waals surface area contributed by atoms with E-state index in [0.717, 1.165) is 49.6 Å². The number of benzene rings is 1. The smallest absolute Gasteiger partial charge is 0.205 e. The first-order valence-corrected chi connectivity index (χ1v) is 9.28. The average Bonchev–Trinajstić information content (AvgIpc) is 3.02. The molecule has 0 radical (unpaired) electrons. The minimum absolute atomic E-state index is 0.0756. The molecular weight excluding hydrogens is 326 g/mol. The number of aliphatic hydroxyl groups excluding tert-OH is 1. The molecule has 0 spiro atoms. The number of rotatable bonds is 6. The Morgan fingerprint density at radius 2 is 1.88 bits per heavy atom. The van der Waals surface area contributed by atoms with E-state index < -0.39 is 0 Å². The standard InChI is InChI=1S/C20H25N5O/c26-14-13-25-19-18(7-4-10-21-19)23-20(25)22-17-8-11-24(12-9-17)15-16-5-2-1-3-6-16/h1-7,10,17,26H,8-9,11-15H2,(H,22,23). The van der Waals surface area contributed by atoms with Crippen molar-refractivity contribution in [3.63, 3.8) is 0 Å². The van der Waals surface area contributed by atoms with Crippen molar-refractivity contribution in [2.45, 2.75) is 32.0 Å². The predicted octanol–water partition coefficient (Wildman–Crippen LogP) is 2.50. The van der Waals surface area contributed by atoms with Crippen LogP contribution < -0.4 is 5.32 Å². The molecule has 0 saturated carbocycles. The molecule has 136 valence electrons. The molecule has 1 saturated heterocycles. The van der Waals surface area contributed by atoms with Crippen molar-refractivity contribution < 1.29 is 5.11 Å². The number of hydrogen-bond donors (Lipinski definition) is 2. The normalized spacial score (nSPS) is 16.2. The van der Waals surface area contributed by atoms with Crippen LogP contribution in [0.4, 0.5) is 5.95 Å². The third kappa shape index (κ3) is 3.71. The summed E-state index contributed by atoms with van der Waals surface area (Å²) in [5, 5.41) is 13.0. The van der Waals surface area contributed by atoms with Crippen molar-refractivity contribution in [1.29, 1.82) is 0 Å². The molecule has 1 aliphatic heterocycles. The molecule has 0 bridgehead atoms. The topological polar surface area (TPSA) is 66.2 Å². The summed E-state index contributed by atoms with van der Waals surface area (Å²) in [5.74, 6) is 0.814. The lowest BCUT2D eigenvalue weighted by molar-refractivity contribution is 0.210. The number of aliphatic hydroxyl groups is 1. The molecule has 0 amide bonds. The highest BCUT2D eigenvalue weighted by Gasteiger charge is 2.21. The van der Waals surface area contributed by atoms with E-state index in [2.05, 4.69) is 50.5 Å². The van der Waals surface area contributed by atoms with E-state index >= 15 is 0 Å². The zero-order valence-electron chi connectivity index (χ0n) is 14.9. The molecule has 26 heavy (non-hydrogen) atoms. The fourth-order valence-electron chi connectivity index (χ4n) is 3.64. The number of pyridine rings is 1. The van der Waals surface area contributed by atoms with E-state index in [-0.39, 0.29) is 6.61 Å². The van der Waals surface area contributed by atoms with Crippen LogP contribution in [-0.2, 0) is 13.1 Å². The lowest BCUT2D eigenvalue weighted by Gasteiger charge is -2.32. The molecule has 6 heteroatoms. The Kier molecular flexibility index (Phi) is 5.13. The Hall–Kier alpha value is -2.44. The Morgan fingerprint density at radius 1 is 1.08 bits per heavy atom. The van der Waals surface area contributed by atoms with Gasteiger partial charge in [-0.15, -0.1) is 0 Å². The second-order valence-electron chi connectivity index (χ2n) is 6.84. The number of hydrogen-bond acceptors (Lipinski definition) is 5. The summed E-state index contributed by atoms with van der Waals surface area (Å²) >= 11 is 0. The van der Waals surface area contributed by atoms with Gasteiger partial charge < -0.3 is 10.4 Å². The van der Waals surface area contributed by atoms with Gasteiger partial charge in [0.25, 0.3) is 0 Å². The lowest BCUT2D eigenvalue weighted by atomic mass is 10.0. The fourth-order valence-corrected chi connectivity index (χ4v) is 3.64. The van der Waals surface area contributed by atoms with Crippen molar-refractivity contribution in [2.24, 2.45) is 0 Å². The number of aromatic nitrogens is 3. The molecular formula is C20H25N5O. The van der Waals surface area contributed by atoms with Crippen molar-refractivity contribution in [3.8, 4) is 0 Å². The van der Waals surface area contributed by atoms with Crippen LogP contribution in [0.25, 0.3) is 11.2 Å². The zero-order valence-corrected chi connectivity index (χ0v) is 14.9. The van der Waals surface area contributed by atoms with E-state index in [4.69, 9.17) is 0 Å². The molecule has 2 N–H and O–H groups in total. The first-order chi connectivity index (χ1) is 12.8. The number of nitrogens with zero attached hydrogens (tertiary/aromatic N) is 4. The zero-order chi connectivity index (χ0) is 17.8. The van der Waals surface area contributed by atoms with Gasteiger partial charge in [0.05, 0.1) is 13.2 Å². The van der Waals surface area contributed by atoms with Gasteiger partial charge in [-0.05, 0) is 30.5 Å². The van der Waals surface area contributed by atoms with Gasteiger partial charge in [0.2, 0.25) is 5.95 Å². The van der Waals surface area contributed by atoms with Crippen molar-refractivity contribution >= 4 is 17.1 Å². The maximum Gasteiger partial charge on any atom is 0.205 e. The highest BCUT2D eigenvalue weighted by molar-refractivity contribution is 5.74. The van der Waals surface area contributed by atoms with Gasteiger partial charge in [0, 0.05) is 31.9 Å². The number of imidazole rings is 1. The number of likely N-dealkylation sites (tertiary alicyclic amines) is 1. The van der Waals surface area contributed by atoms with Crippen LogP contribution in [0, 0.1) is 0 Å². The third-order valence-corrected chi connectivity index (χ3v) is 5.00. The van der Waals surface area contributed by atoms with Crippen LogP contribution in [0.15, 0.2) is 48.7 Å². The van der Waals surface area contributed by atoms with E-state index in [1.165, 1.54) is 5.56 Å². The molecule has 2 aromatic heterocycles. The van der Waals surface area contributed by atoms with E-state index in [9.17, 15) is 5.11 Å².